The highest BCUT2D eigenvalue weighted by Gasteiger charge is 2.15. The van der Waals surface area contributed by atoms with Crippen LogP contribution < -0.4 is 4.74 Å². The molecule has 0 spiro atoms. The van der Waals surface area contributed by atoms with Gasteiger partial charge in [0.15, 0.2) is 16.1 Å². The van der Waals surface area contributed by atoms with Crippen molar-refractivity contribution in [1.29, 1.82) is 0 Å². The summed E-state index contributed by atoms with van der Waals surface area (Å²) < 4.78 is 35.7. The van der Waals surface area contributed by atoms with Crippen LogP contribution in [0.3, 0.4) is 0 Å². The van der Waals surface area contributed by atoms with E-state index in [1.165, 1.54) is 5.56 Å². The maximum Gasteiger partial charge on any atom is 0.197 e. The monoisotopic (exact) mass is 390 g/mol. The van der Waals surface area contributed by atoms with E-state index in [1.807, 2.05) is 12.1 Å². The first kappa shape index (κ1) is 21.5. The van der Waals surface area contributed by atoms with E-state index < -0.39 is 16.1 Å². The molecule has 2 aromatic carbocycles. The molecule has 2 rings (SSSR count). The molecule has 0 aromatic heterocycles. The Labute approximate surface area is 163 Å². The summed E-state index contributed by atoms with van der Waals surface area (Å²) in [6.07, 6.45) is 0.630. The molecule has 2 atom stereocenters. The van der Waals surface area contributed by atoms with Gasteiger partial charge in [-0.05, 0) is 55.0 Å². The summed E-state index contributed by atoms with van der Waals surface area (Å²) in [5, 5.41) is 0. The van der Waals surface area contributed by atoms with Gasteiger partial charge < -0.3 is 9.47 Å². The average molecular weight is 391 g/mol. The van der Waals surface area contributed by atoms with Gasteiger partial charge in [-0.25, -0.2) is 8.42 Å². The number of rotatable bonds is 10. The molecule has 0 saturated carbocycles. The van der Waals surface area contributed by atoms with Gasteiger partial charge in [0.25, 0.3) is 0 Å². The molecule has 0 aliphatic rings. The number of benzene rings is 2. The third-order valence-electron chi connectivity index (χ3n) is 4.38. The molecule has 0 heterocycles. The summed E-state index contributed by atoms with van der Waals surface area (Å²) in [4.78, 5) is 0.313. The third kappa shape index (κ3) is 7.00. The molecule has 0 aliphatic heterocycles. The first-order chi connectivity index (χ1) is 12.8. The minimum atomic E-state index is -3.33. The van der Waals surface area contributed by atoms with E-state index in [-0.39, 0.29) is 12.4 Å². The van der Waals surface area contributed by atoms with Crippen LogP contribution in [0.15, 0.2) is 59.5 Å². The summed E-state index contributed by atoms with van der Waals surface area (Å²) >= 11 is 0. The fourth-order valence-corrected chi connectivity index (χ4v) is 4.14. The lowest BCUT2D eigenvalue weighted by Gasteiger charge is -2.17. The summed E-state index contributed by atoms with van der Waals surface area (Å²) in [5.41, 5.74) is 1.29. The quantitative estimate of drug-likeness (QED) is 0.533. The third-order valence-corrected chi connectivity index (χ3v) is 6.08. The molecule has 0 amide bonds. The molecule has 27 heavy (non-hydrogen) atoms. The van der Waals surface area contributed by atoms with Crippen LogP contribution in [0.4, 0.5) is 0 Å². The zero-order valence-electron chi connectivity index (χ0n) is 16.6. The second-order valence-corrected chi connectivity index (χ2v) is 9.40. The topological polar surface area (TPSA) is 52.6 Å². The van der Waals surface area contributed by atoms with Crippen LogP contribution in [0, 0.1) is 5.92 Å². The molecule has 0 N–H and O–H groups in total. The lowest BCUT2D eigenvalue weighted by molar-refractivity contribution is -0.0605. The molecule has 2 aromatic rings. The van der Waals surface area contributed by atoms with Gasteiger partial charge >= 0.3 is 0 Å². The number of ether oxygens (including phenoxy) is 2. The minimum absolute atomic E-state index is 0.0730. The lowest BCUT2D eigenvalue weighted by Crippen LogP contribution is -2.21. The maximum atomic E-state index is 12.2. The molecular weight excluding hydrogens is 360 g/mol. The molecule has 5 heteroatoms. The molecule has 0 radical (unpaired) electrons. The van der Waals surface area contributed by atoms with Crippen molar-refractivity contribution in [3.63, 3.8) is 0 Å². The van der Waals surface area contributed by atoms with Crippen molar-refractivity contribution in [1.82, 2.24) is 0 Å². The van der Waals surface area contributed by atoms with Crippen molar-refractivity contribution in [3.05, 3.63) is 60.2 Å². The van der Waals surface area contributed by atoms with Crippen molar-refractivity contribution >= 4 is 9.84 Å². The van der Waals surface area contributed by atoms with Crippen LogP contribution in [-0.4, -0.2) is 27.1 Å². The van der Waals surface area contributed by atoms with E-state index in [0.29, 0.717) is 22.5 Å². The summed E-state index contributed by atoms with van der Waals surface area (Å²) in [5.74, 6) is 1.82. The SMILES string of the molecule is CC(C)CC(C)c1ccc(OC(C)OCCS(=O)(=O)c2ccccc2)cc1. The van der Waals surface area contributed by atoms with Gasteiger partial charge in [0, 0.05) is 0 Å². The second kappa shape index (κ2) is 9.90. The Kier molecular flexibility index (Phi) is 7.87. The Morgan fingerprint density at radius 3 is 2.11 bits per heavy atom. The van der Waals surface area contributed by atoms with E-state index in [9.17, 15) is 8.42 Å². The Morgan fingerprint density at radius 2 is 1.52 bits per heavy atom. The maximum absolute atomic E-state index is 12.2. The minimum Gasteiger partial charge on any atom is -0.465 e. The molecule has 0 aliphatic carbocycles. The van der Waals surface area contributed by atoms with E-state index in [1.54, 1.807) is 37.3 Å². The molecule has 4 nitrogen and oxygen atoms in total. The van der Waals surface area contributed by atoms with Gasteiger partial charge in [0.2, 0.25) is 0 Å². The molecule has 0 bridgehead atoms. The van der Waals surface area contributed by atoms with E-state index in [2.05, 4.69) is 32.9 Å². The van der Waals surface area contributed by atoms with Gasteiger partial charge in [-0.2, -0.15) is 0 Å². The van der Waals surface area contributed by atoms with Gasteiger partial charge in [-0.3, -0.25) is 0 Å². The number of sulfone groups is 1. The normalized spacial score (nSPS) is 14.1. The predicted octanol–water partition coefficient (Wildman–Crippen LogP) is 5.05. The Bertz CT molecular complexity index is 783. The standard InChI is InChI=1S/C22H30O4S/c1-17(2)16-18(3)20-10-12-21(13-11-20)26-19(4)25-14-15-27(23,24)22-8-6-5-7-9-22/h5-13,17-19H,14-16H2,1-4H3. The zero-order chi connectivity index (χ0) is 19.9. The van der Waals surface area contributed by atoms with Gasteiger partial charge in [-0.1, -0.05) is 51.1 Å². The Balaban J connectivity index is 1.81. The van der Waals surface area contributed by atoms with Crippen LogP contribution in [0.5, 0.6) is 5.75 Å². The van der Waals surface area contributed by atoms with E-state index >= 15 is 0 Å². The molecule has 0 fully saturated rings. The van der Waals surface area contributed by atoms with Gasteiger partial charge in [0.05, 0.1) is 17.3 Å². The lowest BCUT2D eigenvalue weighted by atomic mass is 9.92. The van der Waals surface area contributed by atoms with E-state index in [4.69, 9.17) is 9.47 Å². The largest absolute Gasteiger partial charge is 0.465 e. The van der Waals surface area contributed by atoms with E-state index in [0.717, 1.165) is 6.42 Å². The Hall–Kier alpha value is -1.85. The predicted molar refractivity (Wildman–Crippen MR) is 109 cm³/mol. The van der Waals surface area contributed by atoms with Gasteiger partial charge in [-0.15, -0.1) is 0 Å². The Morgan fingerprint density at radius 1 is 0.889 bits per heavy atom. The molecular formula is C22H30O4S. The van der Waals surface area contributed by atoms with Crippen molar-refractivity contribution in [3.8, 4) is 5.75 Å². The number of hydrogen-bond acceptors (Lipinski definition) is 4. The summed E-state index contributed by atoms with van der Waals surface area (Å²) in [6, 6.07) is 16.4. The van der Waals surface area contributed by atoms with Crippen molar-refractivity contribution in [2.45, 2.75) is 51.2 Å². The number of hydrogen-bond donors (Lipinski definition) is 0. The first-order valence-electron chi connectivity index (χ1n) is 9.44. The van der Waals surface area contributed by atoms with Gasteiger partial charge in [0.1, 0.15) is 5.75 Å². The highest BCUT2D eigenvalue weighted by atomic mass is 32.2. The fraction of sp³-hybridized carbons (Fsp3) is 0.455. The first-order valence-corrected chi connectivity index (χ1v) is 11.1. The molecule has 0 saturated heterocycles. The summed E-state index contributed by atoms with van der Waals surface area (Å²) in [7, 11) is -3.33. The molecule has 2 unspecified atom stereocenters. The van der Waals surface area contributed by atoms with Crippen molar-refractivity contribution < 1.29 is 17.9 Å². The second-order valence-electron chi connectivity index (χ2n) is 7.29. The van der Waals surface area contributed by atoms with Crippen LogP contribution >= 0.6 is 0 Å². The van der Waals surface area contributed by atoms with Crippen molar-refractivity contribution in [2.24, 2.45) is 5.92 Å². The highest BCUT2D eigenvalue weighted by Crippen LogP contribution is 2.25. The zero-order valence-corrected chi connectivity index (χ0v) is 17.4. The highest BCUT2D eigenvalue weighted by molar-refractivity contribution is 7.91. The van der Waals surface area contributed by atoms with Crippen LogP contribution in [-0.2, 0) is 14.6 Å². The fourth-order valence-electron chi connectivity index (χ4n) is 3.01. The van der Waals surface area contributed by atoms with Crippen LogP contribution in [0.25, 0.3) is 0 Å². The van der Waals surface area contributed by atoms with Crippen molar-refractivity contribution in [2.75, 3.05) is 12.4 Å². The smallest absolute Gasteiger partial charge is 0.197 e. The van der Waals surface area contributed by atoms with Crippen LogP contribution in [0.2, 0.25) is 0 Å². The average Bonchev–Trinajstić information content (AvgIpc) is 2.62. The molecule has 148 valence electrons. The summed E-state index contributed by atoms with van der Waals surface area (Å²) in [6.45, 7) is 8.54. The van der Waals surface area contributed by atoms with Crippen LogP contribution in [0.1, 0.15) is 45.6 Å².